The molecule has 2 aromatic rings. The number of sulfonamides is 1. The van der Waals surface area contributed by atoms with Crippen molar-refractivity contribution in [3.63, 3.8) is 0 Å². The Morgan fingerprint density at radius 2 is 1.83 bits per heavy atom. The minimum atomic E-state index is -4.19. The van der Waals surface area contributed by atoms with Gasteiger partial charge in [-0.25, -0.2) is 12.7 Å². The summed E-state index contributed by atoms with van der Waals surface area (Å²) in [5, 5.41) is 9.78. The van der Waals surface area contributed by atoms with Crippen molar-refractivity contribution < 1.29 is 27.9 Å². The van der Waals surface area contributed by atoms with E-state index >= 15 is 0 Å². The van der Waals surface area contributed by atoms with Gasteiger partial charge in [0.15, 0.2) is 0 Å². The number of phenols is 1. The minimum Gasteiger partial charge on any atom is -0.508 e. The Bertz CT molecular complexity index is 1310. The first-order valence-electron chi connectivity index (χ1n) is 11.5. The van der Waals surface area contributed by atoms with Gasteiger partial charge in [0.25, 0.3) is 10.0 Å². The molecule has 11 heteroatoms. The molecule has 0 aromatic heterocycles. The highest BCUT2D eigenvalue weighted by molar-refractivity contribution is 7.89. The highest BCUT2D eigenvalue weighted by Crippen LogP contribution is 2.37. The van der Waals surface area contributed by atoms with E-state index in [1.54, 1.807) is 24.3 Å². The lowest BCUT2D eigenvalue weighted by Crippen LogP contribution is -2.60. The maximum absolute atomic E-state index is 13.8. The van der Waals surface area contributed by atoms with Gasteiger partial charge in [-0.2, -0.15) is 0 Å². The molecule has 0 saturated carbocycles. The summed E-state index contributed by atoms with van der Waals surface area (Å²) < 4.78 is 34.1. The van der Waals surface area contributed by atoms with Crippen LogP contribution >= 0.6 is 11.6 Å². The van der Waals surface area contributed by atoms with Crippen LogP contribution in [-0.2, 0) is 26.0 Å². The highest BCUT2D eigenvalue weighted by Gasteiger charge is 2.47. The van der Waals surface area contributed by atoms with Crippen molar-refractivity contribution in [1.29, 1.82) is 0 Å². The number of halogens is 1. The zero-order valence-electron chi connectivity index (χ0n) is 20.2. The van der Waals surface area contributed by atoms with Gasteiger partial charge < -0.3 is 14.7 Å². The Balaban J connectivity index is 1.76. The molecule has 2 aliphatic heterocycles. The third-order valence-corrected chi connectivity index (χ3v) is 8.36. The molecule has 2 aromatic carbocycles. The quantitative estimate of drug-likeness (QED) is 0.585. The number of fused-ring (bicyclic) bond motifs is 1. The molecule has 4 rings (SSSR count). The third-order valence-electron chi connectivity index (χ3n) is 6.30. The molecule has 1 fully saturated rings. The van der Waals surface area contributed by atoms with Gasteiger partial charge in [0.05, 0.1) is 7.11 Å². The Morgan fingerprint density at radius 1 is 1.14 bits per heavy atom. The first-order valence-corrected chi connectivity index (χ1v) is 13.4. The molecular weight excluding hydrogens is 506 g/mol. The summed E-state index contributed by atoms with van der Waals surface area (Å²) in [4.78, 5) is 29.2. The predicted octanol–water partition coefficient (Wildman–Crippen LogP) is 3.33. The van der Waals surface area contributed by atoms with Crippen molar-refractivity contribution in [2.75, 3.05) is 13.7 Å². The Hall–Kier alpha value is -3.24. The number of hydrogen-bond donors (Lipinski definition) is 1. The fourth-order valence-electron chi connectivity index (χ4n) is 4.45. The van der Waals surface area contributed by atoms with E-state index in [-0.39, 0.29) is 64.5 Å². The van der Waals surface area contributed by atoms with Crippen LogP contribution in [0.25, 0.3) is 0 Å². The van der Waals surface area contributed by atoms with Crippen LogP contribution in [0.15, 0.2) is 59.4 Å². The number of rotatable bonds is 7. The van der Waals surface area contributed by atoms with Crippen LogP contribution in [0.2, 0.25) is 5.02 Å². The smallest absolute Gasteiger partial charge is 0.269 e. The van der Waals surface area contributed by atoms with Crippen molar-refractivity contribution >= 4 is 33.4 Å². The zero-order chi connectivity index (χ0) is 26.2. The van der Waals surface area contributed by atoms with E-state index in [1.807, 2.05) is 13.8 Å². The van der Waals surface area contributed by atoms with Gasteiger partial charge >= 0.3 is 0 Å². The highest BCUT2D eigenvalue weighted by atomic mass is 35.5. The fraction of sp³-hybridized carbons (Fsp3) is 0.360. The van der Waals surface area contributed by atoms with Crippen LogP contribution in [-0.4, -0.2) is 65.2 Å². The molecule has 0 spiro atoms. The van der Waals surface area contributed by atoms with Crippen LogP contribution in [0.5, 0.6) is 11.5 Å². The molecule has 2 heterocycles. The van der Waals surface area contributed by atoms with E-state index in [0.29, 0.717) is 6.42 Å². The maximum Gasteiger partial charge on any atom is 0.269 e. The average molecular weight is 534 g/mol. The number of methoxy groups -OCH3 is 1. The number of aromatic hydroxyl groups is 1. The van der Waals surface area contributed by atoms with Gasteiger partial charge in [0, 0.05) is 30.2 Å². The number of ether oxygens (including phenoxy) is 1. The SMILES string of the molecule is COc1ccc(Cl)cc1S(=O)(=O)N1CCC(=O)N2C1=CN(C(C)C)C(=O)C2CCc1ccc(O)cc1. The van der Waals surface area contributed by atoms with E-state index in [4.69, 9.17) is 16.3 Å². The molecule has 2 amide bonds. The first-order chi connectivity index (χ1) is 17.0. The topological polar surface area (TPSA) is 107 Å². The van der Waals surface area contributed by atoms with Crippen molar-refractivity contribution in [1.82, 2.24) is 14.1 Å². The fourth-order valence-corrected chi connectivity index (χ4v) is 6.32. The number of aryl methyl sites for hydroxylation is 1. The molecule has 2 aliphatic rings. The maximum atomic E-state index is 13.8. The van der Waals surface area contributed by atoms with Crippen LogP contribution in [0.4, 0.5) is 0 Å². The minimum absolute atomic E-state index is 0.0792. The monoisotopic (exact) mass is 533 g/mol. The number of carbonyl (C=O) groups is 2. The summed E-state index contributed by atoms with van der Waals surface area (Å²) in [5.74, 6) is -0.219. The Kier molecular flexibility index (Phi) is 7.19. The van der Waals surface area contributed by atoms with Gasteiger partial charge in [-0.05, 0) is 62.6 Å². The Morgan fingerprint density at radius 3 is 2.47 bits per heavy atom. The van der Waals surface area contributed by atoms with Gasteiger partial charge in [0.2, 0.25) is 11.8 Å². The summed E-state index contributed by atoms with van der Waals surface area (Å²) in [6.45, 7) is 3.57. The molecule has 192 valence electrons. The second-order valence-corrected chi connectivity index (χ2v) is 11.2. The molecule has 9 nitrogen and oxygen atoms in total. The van der Waals surface area contributed by atoms with Gasteiger partial charge in [-0.15, -0.1) is 0 Å². The molecule has 0 bridgehead atoms. The van der Waals surface area contributed by atoms with Crippen LogP contribution < -0.4 is 4.74 Å². The van der Waals surface area contributed by atoms with Crippen LogP contribution in [0.1, 0.15) is 32.3 Å². The molecule has 0 radical (unpaired) electrons. The number of carbonyl (C=O) groups excluding carboxylic acids is 2. The van der Waals surface area contributed by atoms with Crippen LogP contribution in [0.3, 0.4) is 0 Å². The second kappa shape index (κ2) is 10.0. The average Bonchev–Trinajstić information content (AvgIpc) is 2.84. The second-order valence-electron chi connectivity index (χ2n) is 8.93. The summed E-state index contributed by atoms with van der Waals surface area (Å²) in [5.41, 5.74) is 0.880. The van der Waals surface area contributed by atoms with E-state index in [2.05, 4.69) is 0 Å². The molecule has 36 heavy (non-hydrogen) atoms. The number of phenolic OH excluding ortho intramolecular Hbond substituents is 1. The lowest BCUT2D eigenvalue weighted by molar-refractivity contribution is -0.148. The van der Waals surface area contributed by atoms with E-state index in [9.17, 15) is 23.1 Å². The zero-order valence-corrected chi connectivity index (χ0v) is 21.8. The summed E-state index contributed by atoms with van der Waals surface area (Å²) in [6, 6.07) is 9.79. The molecule has 1 saturated heterocycles. The van der Waals surface area contributed by atoms with Crippen molar-refractivity contribution in [3.05, 3.63) is 65.1 Å². The third kappa shape index (κ3) is 4.75. The summed E-state index contributed by atoms with van der Waals surface area (Å²) in [6.07, 6.45) is 2.10. The van der Waals surface area contributed by atoms with Crippen molar-refractivity contribution in [2.24, 2.45) is 0 Å². The lowest BCUT2D eigenvalue weighted by atomic mass is 10.00. The van der Waals surface area contributed by atoms with Gasteiger partial charge in [0.1, 0.15) is 28.3 Å². The van der Waals surface area contributed by atoms with E-state index in [1.165, 1.54) is 41.3 Å². The number of nitrogens with zero attached hydrogens (tertiary/aromatic N) is 3. The Labute approximate surface area is 215 Å². The number of benzene rings is 2. The predicted molar refractivity (Wildman–Crippen MR) is 134 cm³/mol. The van der Waals surface area contributed by atoms with Crippen molar-refractivity contribution in [3.8, 4) is 11.5 Å². The number of amides is 2. The van der Waals surface area contributed by atoms with E-state index < -0.39 is 16.1 Å². The molecule has 1 N–H and O–H groups in total. The summed E-state index contributed by atoms with van der Waals surface area (Å²) in [7, 11) is -2.82. The standard InChI is InChI=1S/C25H28ClN3O6S/c1-16(2)27-15-23-28(36(33,34)22-14-18(26)7-11-21(22)35-3)13-12-24(31)29(23)20(25(27)32)10-6-17-4-8-19(30)9-5-17/h4-5,7-9,11,14-16,20,30H,6,10,12-13H2,1-3H3. The molecule has 0 aliphatic carbocycles. The van der Waals surface area contributed by atoms with Crippen molar-refractivity contribution in [2.45, 2.75) is 50.1 Å². The largest absolute Gasteiger partial charge is 0.508 e. The lowest BCUT2D eigenvalue weighted by Gasteiger charge is -2.47. The van der Waals surface area contributed by atoms with E-state index in [0.717, 1.165) is 9.87 Å². The number of hydrogen-bond acceptors (Lipinski definition) is 6. The molecular formula is C25H28ClN3O6S. The molecule has 1 unspecified atom stereocenters. The van der Waals surface area contributed by atoms with Crippen LogP contribution in [0, 0.1) is 0 Å². The molecule has 1 atom stereocenters. The normalized spacial score (nSPS) is 18.4. The first kappa shape index (κ1) is 25.8. The summed E-state index contributed by atoms with van der Waals surface area (Å²) >= 11 is 6.11. The van der Waals surface area contributed by atoms with Gasteiger partial charge in [-0.3, -0.25) is 14.5 Å². The van der Waals surface area contributed by atoms with Gasteiger partial charge in [-0.1, -0.05) is 23.7 Å².